The predicted octanol–water partition coefficient (Wildman–Crippen LogP) is 4.88. The number of benzene rings is 2. The van der Waals surface area contributed by atoms with Crippen LogP contribution in [-0.2, 0) is 18.3 Å². The Morgan fingerprint density at radius 3 is 2.48 bits per heavy atom. The third-order valence-electron chi connectivity index (χ3n) is 5.55. The molecule has 0 amide bonds. The number of aliphatic carboxylic acids is 1. The maximum atomic E-state index is 10.8. The van der Waals surface area contributed by atoms with Gasteiger partial charge in [0.2, 0.25) is 0 Å². The quantitative estimate of drug-likeness (QED) is 0.499. The van der Waals surface area contributed by atoms with Crippen LogP contribution in [0.25, 0.3) is 22.4 Å². The molecule has 2 heterocycles. The van der Waals surface area contributed by atoms with Gasteiger partial charge in [0.05, 0.1) is 11.0 Å². The summed E-state index contributed by atoms with van der Waals surface area (Å²) in [6.45, 7) is 2.20. The van der Waals surface area contributed by atoms with E-state index in [1.165, 1.54) is 18.4 Å². The molecule has 1 aromatic heterocycles. The molecule has 4 rings (SSSR count). The summed E-state index contributed by atoms with van der Waals surface area (Å²) < 4.78 is 2.11. The minimum atomic E-state index is -0.773. The second kappa shape index (κ2) is 10.4. The molecule has 0 atom stereocenters. The molecule has 1 fully saturated rings. The monoisotopic (exact) mass is 523 g/mol. The van der Waals surface area contributed by atoms with Gasteiger partial charge in [-0.15, -0.1) is 34.0 Å². The minimum Gasteiger partial charge on any atom is -0.481 e. The highest BCUT2D eigenvalue weighted by Crippen LogP contribution is 2.29. The van der Waals surface area contributed by atoms with Crippen LogP contribution in [0, 0.1) is 0 Å². The molecule has 5 nitrogen and oxygen atoms in total. The van der Waals surface area contributed by atoms with Crippen LogP contribution in [0.2, 0.25) is 0 Å². The number of aryl methyl sites for hydroxylation is 2. The summed E-state index contributed by atoms with van der Waals surface area (Å²) in [4.78, 5) is 15.6. The second-order valence-corrected chi connectivity index (χ2v) is 7.36. The fourth-order valence-electron chi connectivity index (χ4n) is 3.97. The van der Waals surface area contributed by atoms with Crippen molar-refractivity contribution in [3.05, 3.63) is 53.6 Å². The van der Waals surface area contributed by atoms with Crippen molar-refractivity contribution in [1.82, 2.24) is 14.9 Å². The Hall–Kier alpha value is -1.70. The average molecular weight is 525 g/mol. The van der Waals surface area contributed by atoms with Crippen LogP contribution in [0.4, 0.5) is 0 Å². The summed E-state index contributed by atoms with van der Waals surface area (Å²) in [7, 11) is 2.03. The van der Waals surface area contributed by atoms with E-state index in [2.05, 4.69) is 34.1 Å². The number of hydrogen-bond donors (Lipinski definition) is 2. The second-order valence-electron chi connectivity index (χ2n) is 7.36. The lowest BCUT2D eigenvalue weighted by molar-refractivity contribution is -0.136. The molecule has 3 aromatic rings. The van der Waals surface area contributed by atoms with Gasteiger partial charge in [-0.25, -0.2) is 4.98 Å². The number of hydrogen-bond acceptors (Lipinski definition) is 3. The Kier molecular flexibility index (Phi) is 8.43. The van der Waals surface area contributed by atoms with E-state index in [9.17, 15) is 4.79 Å². The van der Waals surface area contributed by atoms with E-state index in [-0.39, 0.29) is 40.4 Å². The first-order valence-electron chi connectivity index (χ1n) is 9.60. The van der Waals surface area contributed by atoms with Gasteiger partial charge in [0.15, 0.2) is 0 Å². The number of aromatic nitrogens is 2. The molecule has 0 saturated carbocycles. The number of halogens is 2. The summed E-state index contributed by atoms with van der Waals surface area (Å²) in [5.74, 6) is 0.820. The lowest BCUT2D eigenvalue weighted by Gasteiger charge is -2.23. The van der Waals surface area contributed by atoms with Crippen molar-refractivity contribution in [2.45, 2.75) is 31.6 Å². The third kappa shape index (κ3) is 5.27. The van der Waals surface area contributed by atoms with Gasteiger partial charge in [-0.05, 0) is 61.5 Å². The largest absolute Gasteiger partial charge is 0.481 e. The van der Waals surface area contributed by atoms with Gasteiger partial charge in [-0.2, -0.15) is 0 Å². The molecular weight excluding hydrogens is 498 g/mol. The highest BCUT2D eigenvalue weighted by Gasteiger charge is 2.16. The highest BCUT2D eigenvalue weighted by molar-refractivity contribution is 8.93. The summed E-state index contributed by atoms with van der Waals surface area (Å²) in [6.07, 6.45) is 3.07. The molecule has 0 unspecified atom stereocenters. The van der Waals surface area contributed by atoms with Crippen molar-refractivity contribution >= 4 is 51.0 Å². The molecule has 2 N–H and O–H groups in total. The van der Waals surface area contributed by atoms with Crippen molar-refractivity contribution in [2.75, 3.05) is 13.1 Å². The summed E-state index contributed by atoms with van der Waals surface area (Å²) in [5.41, 5.74) is 5.51. The number of fused-ring (bicyclic) bond motifs is 1. The number of rotatable bonds is 5. The molecule has 1 aliphatic heterocycles. The van der Waals surface area contributed by atoms with Gasteiger partial charge in [-0.3, -0.25) is 4.79 Å². The van der Waals surface area contributed by atoms with E-state index in [1.807, 2.05) is 25.2 Å². The Morgan fingerprint density at radius 2 is 1.83 bits per heavy atom. The lowest BCUT2D eigenvalue weighted by Crippen LogP contribution is -2.26. The van der Waals surface area contributed by atoms with Crippen LogP contribution in [0.3, 0.4) is 0 Å². The zero-order chi connectivity index (χ0) is 18.8. The normalized spacial score (nSPS) is 14.2. The topological polar surface area (TPSA) is 67.2 Å². The van der Waals surface area contributed by atoms with Crippen molar-refractivity contribution < 1.29 is 9.90 Å². The molecule has 29 heavy (non-hydrogen) atoms. The average Bonchev–Trinajstić information content (AvgIpc) is 3.03. The minimum absolute atomic E-state index is 0. The van der Waals surface area contributed by atoms with Gasteiger partial charge in [0.25, 0.3) is 0 Å². The zero-order valence-electron chi connectivity index (χ0n) is 16.4. The van der Waals surface area contributed by atoms with E-state index in [0.29, 0.717) is 12.3 Å². The van der Waals surface area contributed by atoms with Gasteiger partial charge in [0, 0.05) is 19.0 Å². The van der Waals surface area contributed by atoms with E-state index in [4.69, 9.17) is 10.1 Å². The van der Waals surface area contributed by atoms with Crippen molar-refractivity contribution in [1.29, 1.82) is 0 Å². The number of imidazole rings is 1. The van der Waals surface area contributed by atoms with E-state index in [0.717, 1.165) is 41.1 Å². The van der Waals surface area contributed by atoms with Crippen molar-refractivity contribution in [3.8, 4) is 11.4 Å². The molecule has 0 spiro atoms. The van der Waals surface area contributed by atoms with Crippen molar-refractivity contribution in [3.63, 3.8) is 0 Å². The molecule has 156 valence electrons. The molecule has 0 radical (unpaired) electrons. The summed E-state index contributed by atoms with van der Waals surface area (Å²) in [5, 5.41) is 12.3. The fourth-order valence-corrected chi connectivity index (χ4v) is 3.97. The Morgan fingerprint density at radius 1 is 1.14 bits per heavy atom. The van der Waals surface area contributed by atoms with Crippen LogP contribution in [-0.4, -0.2) is 33.7 Å². The number of carboxylic acid groups (broad SMARTS) is 1. The molecule has 1 aliphatic rings. The van der Waals surface area contributed by atoms with Crippen LogP contribution < -0.4 is 5.32 Å². The van der Waals surface area contributed by atoms with Crippen molar-refractivity contribution in [2.24, 2.45) is 7.05 Å². The number of carbonyl (C=O) groups is 1. The van der Waals surface area contributed by atoms with E-state index < -0.39 is 5.97 Å². The molecule has 2 aromatic carbocycles. The van der Waals surface area contributed by atoms with Gasteiger partial charge < -0.3 is 15.0 Å². The Balaban J connectivity index is 0.00000150. The number of nitrogens with zero attached hydrogens (tertiary/aromatic N) is 2. The SMILES string of the molecule is Br.Br.Cn1c(-c2ccc(C3CCNCC3)cc2)nc2cc(CCC(=O)O)ccc21. The molecule has 0 aliphatic carbocycles. The summed E-state index contributed by atoms with van der Waals surface area (Å²) in [6, 6.07) is 14.9. The van der Waals surface area contributed by atoms with Gasteiger partial charge in [0.1, 0.15) is 5.82 Å². The Labute approximate surface area is 192 Å². The maximum Gasteiger partial charge on any atom is 0.303 e. The fraction of sp³-hybridized carbons (Fsp3) is 0.364. The Bertz CT molecular complexity index is 964. The highest BCUT2D eigenvalue weighted by atomic mass is 79.9. The van der Waals surface area contributed by atoms with Crippen LogP contribution >= 0.6 is 34.0 Å². The molecule has 0 bridgehead atoms. The summed E-state index contributed by atoms with van der Waals surface area (Å²) >= 11 is 0. The first kappa shape index (κ1) is 23.6. The van der Waals surface area contributed by atoms with E-state index >= 15 is 0 Å². The lowest BCUT2D eigenvalue weighted by atomic mass is 9.90. The van der Waals surface area contributed by atoms with Crippen LogP contribution in [0.15, 0.2) is 42.5 Å². The van der Waals surface area contributed by atoms with Gasteiger partial charge >= 0.3 is 5.97 Å². The van der Waals surface area contributed by atoms with Crippen LogP contribution in [0.5, 0.6) is 0 Å². The molecule has 7 heteroatoms. The standard InChI is InChI=1S/C22H25N3O2.2BrH/c1-25-20-8-2-15(3-9-21(26)27)14-19(20)24-22(25)18-6-4-16(5-7-18)17-10-12-23-13-11-17;;/h2,4-8,14,17,23H,3,9-13H2,1H3,(H,26,27);2*1H. The number of carboxylic acids is 1. The number of nitrogens with one attached hydrogen (secondary N) is 1. The maximum absolute atomic E-state index is 10.8. The first-order valence-corrected chi connectivity index (χ1v) is 9.60. The predicted molar refractivity (Wildman–Crippen MR) is 128 cm³/mol. The third-order valence-corrected chi connectivity index (χ3v) is 5.55. The molecule has 1 saturated heterocycles. The molecular formula is C22H27Br2N3O2. The van der Waals surface area contributed by atoms with E-state index in [1.54, 1.807) is 0 Å². The number of piperidine rings is 1. The smallest absolute Gasteiger partial charge is 0.303 e. The first-order chi connectivity index (χ1) is 13.1. The van der Waals surface area contributed by atoms with Crippen LogP contribution in [0.1, 0.15) is 36.3 Å². The van der Waals surface area contributed by atoms with Gasteiger partial charge in [-0.1, -0.05) is 30.3 Å². The zero-order valence-corrected chi connectivity index (χ0v) is 19.9.